The van der Waals surface area contributed by atoms with E-state index in [-0.39, 0.29) is 0 Å². The normalized spacial score (nSPS) is 10.2. The van der Waals surface area contributed by atoms with Crippen LogP contribution in [0, 0.1) is 0 Å². The number of carbonyl (C=O) groups excluding carboxylic acids is 1. The Hall–Kier alpha value is -2.78. The van der Waals surface area contributed by atoms with Gasteiger partial charge in [-0.25, -0.2) is 9.78 Å². The van der Waals surface area contributed by atoms with Gasteiger partial charge in [0, 0.05) is 18.0 Å². The van der Waals surface area contributed by atoms with Gasteiger partial charge in [0.05, 0.1) is 16.7 Å². The standard InChI is InChI=1S/C13H8N4O/c18-8-15-10-3-4-11-12(6-10)17-13(16-11)9-2-1-5-14-7-9/h1-7H,(H,16,17). The Morgan fingerprint density at radius 1 is 1.28 bits per heavy atom. The lowest BCUT2D eigenvalue weighted by atomic mass is 10.3. The Morgan fingerprint density at radius 3 is 3.00 bits per heavy atom. The number of pyridine rings is 1. The van der Waals surface area contributed by atoms with Crippen molar-refractivity contribution in [3.05, 3.63) is 42.7 Å². The van der Waals surface area contributed by atoms with E-state index in [1.54, 1.807) is 24.5 Å². The van der Waals surface area contributed by atoms with Gasteiger partial charge in [-0.05, 0) is 30.3 Å². The van der Waals surface area contributed by atoms with Gasteiger partial charge in [-0.2, -0.15) is 4.99 Å². The van der Waals surface area contributed by atoms with Gasteiger partial charge in [0.15, 0.2) is 0 Å². The van der Waals surface area contributed by atoms with E-state index in [1.165, 1.54) is 6.08 Å². The van der Waals surface area contributed by atoms with Gasteiger partial charge in [0.25, 0.3) is 0 Å². The first-order valence-corrected chi connectivity index (χ1v) is 5.35. The fourth-order valence-corrected chi connectivity index (χ4v) is 1.76. The summed E-state index contributed by atoms with van der Waals surface area (Å²) in [7, 11) is 0. The van der Waals surface area contributed by atoms with Gasteiger partial charge in [-0.1, -0.05) is 0 Å². The quantitative estimate of drug-likeness (QED) is 0.549. The van der Waals surface area contributed by atoms with Crippen molar-refractivity contribution in [3.63, 3.8) is 0 Å². The van der Waals surface area contributed by atoms with Crippen LogP contribution in [0.25, 0.3) is 22.4 Å². The minimum atomic E-state index is 0.555. The number of rotatable bonds is 2. The van der Waals surface area contributed by atoms with Crippen molar-refractivity contribution in [2.45, 2.75) is 0 Å². The van der Waals surface area contributed by atoms with Gasteiger partial charge >= 0.3 is 0 Å². The third-order valence-electron chi connectivity index (χ3n) is 2.58. The van der Waals surface area contributed by atoms with Crippen molar-refractivity contribution in [3.8, 4) is 11.4 Å². The molecule has 86 valence electrons. The van der Waals surface area contributed by atoms with E-state index in [1.807, 2.05) is 18.2 Å². The molecule has 0 saturated carbocycles. The summed E-state index contributed by atoms with van der Waals surface area (Å²) >= 11 is 0. The summed E-state index contributed by atoms with van der Waals surface area (Å²) in [6.45, 7) is 0. The number of nitrogens with one attached hydrogen (secondary N) is 1. The van der Waals surface area contributed by atoms with Crippen molar-refractivity contribution in [1.82, 2.24) is 15.0 Å². The molecule has 0 spiro atoms. The summed E-state index contributed by atoms with van der Waals surface area (Å²) < 4.78 is 0. The molecule has 0 aliphatic carbocycles. The van der Waals surface area contributed by atoms with Gasteiger partial charge in [0.2, 0.25) is 6.08 Å². The smallest absolute Gasteiger partial charge is 0.240 e. The number of isocyanates is 1. The molecule has 0 saturated heterocycles. The summed E-state index contributed by atoms with van der Waals surface area (Å²) in [4.78, 5) is 25.5. The average molecular weight is 236 g/mol. The van der Waals surface area contributed by atoms with E-state index in [0.29, 0.717) is 5.69 Å². The second-order valence-electron chi connectivity index (χ2n) is 3.73. The lowest BCUT2D eigenvalue weighted by molar-refractivity contribution is 0.565. The Balaban J connectivity index is 2.14. The Kier molecular flexibility index (Phi) is 2.44. The second-order valence-corrected chi connectivity index (χ2v) is 3.73. The molecular weight excluding hydrogens is 228 g/mol. The lowest BCUT2D eigenvalue weighted by Gasteiger charge is -1.92. The molecule has 0 aliphatic heterocycles. The van der Waals surface area contributed by atoms with Gasteiger partial charge in [-0.15, -0.1) is 0 Å². The molecule has 0 bridgehead atoms. The number of H-pyrrole nitrogens is 1. The Morgan fingerprint density at radius 2 is 2.22 bits per heavy atom. The van der Waals surface area contributed by atoms with E-state index in [4.69, 9.17) is 0 Å². The van der Waals surface area contributed by atoms with Crippen molar-refractivity contribution >= 4 is 22.8 Å². The van der Waals surface area contributed by atoms with Crippen LogP contribution in [0.3, 0.4) is 0 Å². The maximum atomic E-state index is 10.2. The number of aromatic nitrogens is 3. The molecule has 0 fully saturated rings. The first kappa shape index (κ1) is 10.4. The highest BCUT2D eigenvalue weighted by Gasteiger charge is 2.05. The first-order valence-electron chi connectivity index (χ1n) is 5.35. The molecular formula is C13H8N4O. The predicted molar refractivity (Wildman–Crippen MR) is 67.1 cm³/mol. The molecule has 0 radical (unpaired) electrons. The molecule has 5 heteroatoms. The van der Waals surface area contributed by atoms with Gasteiger partial charge < -0.3 is 4.98 Å². The van der Waals surface area contributed by atoms with Crippen LogP contribution in [0.4, 0.5) is 5.69 Å². The minimum Gasteiger partial charge on any atom is -0.338 e. The number of aliphatic imine (C=N–C) groups is 1. The molecule has 0 atom stereocenters. The van der Waals surface area contributed by atoms with Crippen LogP contribution in [0.15, 0.2) is 47.7 Å². The molecule has 0 unspecified atom stereocenters. The topological polar surface area (TPSA) is 71.0 Å². The molecule has 3 aromatic rings. The number of aromatic amines is 1. The van der Waals surface area contributed by atoms with Crippen LogP contribution in [0.5, 0.6) is 0 Å². The van der Waals surface area contributed by atoms with Crippen LogP contribution >= 0.6 is 0 Å². The maximum absolute atomic E-state index is 10.2. The average Bonchev–Trinajstić information content (AvgIpc) is 2.83. The van der Waals surface area contributed by atoms with E-state index >= 15 is 0 Å². The molecule has 0 amide bonds. The molecule has 1 aromatic carbocycles. The number of imidazole rings is 1. The molecule has 2 aromatic heterocycles. The van der Waals surface area contributed by atoms with E-state index < -0.39 is 0 Å². The Bertz CT molecular complexity index is 742. The highest BCUT2D eigenvalue weighted by molar-refractivity contribution is 5.82. The van der Waals surface area contributed by atoms with Crippen LogP contribution in [-0.4, -0.2) is 21.0 Å². The zero-order chi connectivity index (χ0) is 12.4. The Labute approximate surface area is 102 Å². The highest BCUT2D eigenvalue weighted by Crippen LogP contribution is 2.23. The third-order valence-corrected chi connectivity index (χ3v) is 2.58. The molecule has 18 heavy (non-hydrogen) atoms. The van der Waals surface area contributed by atoms with Gasteiger partial charge in [0.1, 0.15) is 5.82 Å². The zero-order valence-electron chi connectivity index (χ0n) is 9.29. The van der Waals surface area contributed by atoms with Crippen molar-refractivity contribution in [2.75, 3.05) is 0 Å². The summed E-state index contributed by atoms with van der Waals surface area (Å²) in [5.74, 6) is 0.741. The molecule has 0 aliphatic rings. The molecule has 2 heterocycles. The largest absolute Gasteiger partial charge is 0.338 e. The SMILES string of the molecule is O=C=Nc1ccc2nc(-c3cccnc3)[nH]c2c1. The number of hydrogen-bond acceptors (Lipinski definition) is 4. The van der Waals surface area contributed by atoms with Crippen molar-refractivity contribution < 1.29 is 4.79 Å². The zero-order valence-corrected chi connectivity index (χ0v) is 9.29. The number of benzene rings is 1. The van der Waals surface area contributed by atoms with Crippen LogP contribution in [0.2, 0.25) is 0 Å². The summed E-state index contributed by atoms with van der Waals surface area (Å²) in [6, 6.07) is 9.07. The van der Waals surface area contributed by atoms with Gasteiger partial charge in [-0.3, -0.25) is 4.98 Å². The highest BCUT2D eigenvalue weighted by atomic mass is 16.1. The third kappa shape index (κ3) is 1.79. The van der Waals surface area contributed by atoms with E-state index in [0.717, 1.165) is 22.4 Å². The van der Waals surface area contributed by atoms with Crippen LogP contribution in [0.1, 0.15) is 0 Å². The lowest BCUT2D eigenvalue weighted by Crippen LogP contribution is -1.80. The number of fused-ring (bicyclic) bond motifs is 1. The predicted octanol–water partition coefficient (Wildman–Crippen LogP) is 2.59. The maximum Gasteiger partial charge on any atom is 0.240 e. The molecule has 3 rings (SSSR count). The molecule has 1 N–H and O–H groups in total. The molecule has 5 nitrogen and oxygen atoms in total. The number of hydrogen-bond donors (Lipinski definition) is 1. The van der Waals surface area contributed by atoms with Crippen LogP contribution < -0.4 is 0 Å². The van der Waals surface area contributed by atoms with Crippen molar-refractivity contribution in [2.24, 2.45) is 4.99 Å². The number of nitrogens with zero attached hydrogens (tertiary/aromatic N) is 3. The van der Waals surface area contributed by atoms with Crippen LogP contribution in [-0.2, 0) is 4.79 Å². The summed E-state index contributed by atoms with van der Waals surface area (Å²) in [5.41, 5.74) is 3.11. The van der Waals surface area contributed by atoms with Crippen molar-refractivity contribution in [1.29, 1.82) is 0 Å². The second kappa shape index (κ2) is 4.24. The fraction of sp³-hybridized carbons (Fsp3) is 0. The van der Waals surface area contributed by atoms with E-state index in [9.17, 15) is 4.79 Å². The summed E-state index contributed by atoms with van der Waals surface area (Å²) in [6.07, 6.45) is 4.97. The minimum absolute atomic E-state index is 0.555. The fourth-order valence-electron chi connectivity index (χ4n) is 1.76. The summed E-state index contributed by atoms with van der Waals surface area (Å²) in [5, 5.41) is 0. The van der Waals surface area contributed by atoms with E-state index in [2.05, 4.69) is 19.9 Å². The monoisotopic (exact) mass is 236 g/mol. The first-order chi connectivity index (χ1) is 8.86.